The zero-order valence-electron chi connectivity index (χ0n) is 21.4. The van der Waals surface area contributed by atoms with Gasteiger partial charge in [-0.25, -0.2) is 14.0 Å². The molecule has 0 saturated carbocycles. The van der Waals surface area contributed by atoms with E-state index in [-0.39, 0.29) is 31.8 Å². The highest BCUT2D eigenvalue weighted by Crippen LogP contribution is 2.28. The van der Waals surface area contributed by atoms with Crippen molar-refractivity contribution < 1.29 is 33.1 Å². The standard InChI is InChI=1S/C26H38FN3O6/c1-3-5-7-9-24(31)30(36-25(32)10-8-6-4-2)19-21-18-29(26(33)35-21)20-11-12-23(22(27)17-20)28-13-15-34-16-14-28/h11-12,17,21H,3-10,13-16,18-19H2,1-2H3/t21-/m1/s1. The molecule has 2 heterocycles. The zero-order valence-corrected chi connectivity index (χ0v) is 21.4. The predicted octanol–water partition coefficient (Wildman–Crippen LogP) is 4.43. The van der Waals surface area contributed by atoms with Crippen molar-refractivity contribution in [1.29, 1.82) is 0 Å². The van der Waals surface area contributed by atoms with Crippen molar-refractivity contribution >= 4 is 29.3 Å². The normalized spacial score (nSPS) is 17.8. The van der Waals surface area contributed by atoms with Gasteiger partial charge in [-0.3, -0.25) is 9.69 Å². The van der Waals surface area contributed by atoms with Crippen LogP contribution in [-0.2, 0) is 23.9 Å². The largest absolute Gasteiger partial charge is 0.442 e. The van der Waals surface area contributed by atoms with Crippen molar-refractivity contribution in [1.82, 2.24) is 5.06 Å². The molecule has 2 fully saturated rings. The van der Waals surface area contributed by atoms with E-state index in [4.69, 9.17) is 14.3 Å². The number of ether oxygens (including phenoxy) is 2. The maximum Gasteiger partial charge on any atom is 0.414 e. The van der Waals surface area contributed by atoms with Gasteiger partial charge in [-0.2, -0.15) is 5.06 Å². The summed E-state index contributed by atoms with van der Waals surface area (Å²) in [5.41, 5.74) is 0.833. The second-order valence-corrected chi connectivity index (χ2v) is 9.18. The Kier molecular flexibility index (Phi) is 10.8. The minimum Gasteiger partial charge on any atom is -0.442 e. The first kappa shape index (κ1) is 27.7. The van der Waals surface area contributed by atoms with Crippen LogP contribution in [0.3, 0.4) is 0 Å². The van der Waals surface area contributed by atoms with Crippen molar-refractivity contribution in [2.45, 2.75) is 71.3 Å². The van der Waals surface area contributed by atoms with E-state index >= 15 is 0 Å². The fourth-order valence-electron chi connectivity index (χ4n) is 4.27. The molecule has 2 aliphatic rings. The monoisotopic (exact) mass is 507 g/mol. The smallest absolute Gasteiger partial charge is 0.414 e. The van der Waals surface area contributed by atoms with Crippen molar-refractivity contribution in [3.05, 3.63) is 24.0 Å². The maximum atomic E-state index is 14.9. The molecule has 1 aromatic carbocycles. The Morgan fingerprint density at radius 1 is 1.08 bits per heavy atom. The van der Waals surface area contributed by atoms with Gasteiger partial charge in [0.15, 0.2) is 0 Å². The zero-order chi connectivity index (χ0) is 25.9. The number of morpholine rings is 1. The first-order valence-electron chi connectivity index (χ1n) is 13.0. The van der Waals surface area contributed by atoms with Crippen LogP contribution >= 0.6 is 0 Å². The molecule has 0 spiro atoms. The topological polar surface area (TPSA) is 88.6 Å². The highest BCUT2D eigenvalue weighted by molar-refractivity contribution is 5.90. The van der Waals surface area contributed by atoms with E-state index < -0.39 is 24.0 Å². The Morgan fingerprint density at radius 3 is 2.44 bits per heavy atom. The Hall–Kier alpha value is -2.88. The average Bonchev–Trinajstić information content (AvgIpc) is 3.24. The molecule has 0 aliphatic carbocycles. The SMILES string of the molecule is CCCCCC(=O)ON(C[C@H]1CN(c2ccc(N3CCOCC3)c(F)c2)C(=O)O1)C(=O)CCCCC. The molecule has 0 unspecified atom stereocenters. The van der Waals surface area contributed by atoms with Crippen LogP contribution in [0.25, 0.3) is 0 Å². The van der Waals surface area contributed by atoms with Crippen molar-refractivity contribution in [3.8, 4) is 0 Å². The lowest BCUT2D eigenvalue weighted by Crippen LogP contribution is -2.40. The van der Waals surface area contributed by atoms with E-state index in [2.05, 4.69) is 0 Å². The average molecular weight is 508 g/mol. The minimum atomic E-state index is -0.710. The fourth-order valence-corrected chi connectivity index (χ4v) is 4.27. The molecule has 2 saturated heterocycles. The molecule has 1 aromatic rings. The third kappa shape index (κ3) is 7.81. The number of amides is 2. The summed E-state index contributed by atoms with van der Waals surface area (Å²) in [6.45, 7) is 6.40. The molecular formula is C26H38FN3O6. The number of hydrogen-bond acceptors (Lipinski definition) is 7. The second-order valence-electron chi connectivity index (χ2n) is 9.18. The van der Waals surface area contributed by atoms with Crippen LogP contribution in [0.2, 0.25) is 0 Å². The van der Waals surface area contributed by atoms with E-state index in [0.29, 0.717) is 50.5 Å². The van der Waals surface area contributed by atoms with Crippen molar-refractivity contribution in [2.24, 2.45) is 0 Å². The molecule has 10 heteroatoms. The maximum absolute atomic E-state index is 14.9. The number of cyclic esters (lactones) is 1. The van der Waals surface area contributed by atoms with Crippen LogP contribution in [0.5, 0.6) is 0 Å². The van der Waals surface area contributed by atoms with E-state index in [1.807, 2.05) is 18.7 Å². The first-order chi connectivity index (χ1) is 17.4. The van der Waals surface area contributed by atoms with Gasteiger partial charge in [0.2, 0.25) is 0 Å². The Labute approximate surface area is 212 Å². The summed E-state index contributed by atoms with van der Waals surface area (Å²) in [6.07, 6.45) is 4.21. The predicted molar refractivity (Wildman–Crippen MR) is 133 cm³/mol. The molecule has 1 atom stereocenters. The number of rotatable bonds is 12. The number of carbonyl (C=O) groups is 3. The number of halogens is 1. The Balaban J connectivity index is 1.63. The number of unbranched alkanes of at least 4 members (excludes halogenated alkanes) is 4. The van der Waals surface area contributed by atoms with Gasteiger partial charge in [-0.15, -0.1) is 0 Å². The molecule has 0 N–H and O–H groups in total. The van der Waals surface area contributed by atoms with Crippen LogP contribution in [0.4, 0.5) is 20.6 Å². The van der Waals surface area contributed by atoms with Gasteiger partial charge in [-0.1, -0.05) is 39.5 Å². The molecule has 0 aromatic heterocycles. The van der Waals surface area contributed by atoms with Crippen LogP contribution in [0.1, 0.15) is 65.2 Å². The van der Waals surface area contributed by atoms with Gasteiger partial charge >= 0.3 is 12.1 Å². The molecule has 3 rings (SSSR count). The quantitative estimate of drug-likeness (QED) is 0.305. The van der Waals surface area contributed by atoms with Gasteiger partial charge in [0.05, 0.1) is 37.7 Å². The first-order valence-corrected chi connectivity index (χ1v) is 13.0. The number of anilines is 2. The van der Waals surface area contributed by atoms with E-state index in [1.54, 1.807) is 12.1 Å². The third-order valence-corrected chi connectivity index (χ3v) is 6.31. The Morgan fingerprint density at radius 2 is 1.78 bits per heavy atom. The summed E-state index contributed by atoms with van der Waals surface area (Å²) < 4.78 is 25.7. The number of benzene rings is 1. The van der Waals surface area contributed by atoms with Gasteiger partial charge in [-0.05, 0) is 31.0 Å². The summed E-state index contributed by atoms with van der Waals surface area (Å²) in [7, 11) is 0. The van der Waals surface area contributed by atoms with Crippen molar-refractivity contribution in [2.75, 3.05) is 49.2 Å². The van der Waals surface area contributed by atoms with Gasteiger partial charge in [0.1, 0.15) is 11.9 Å². The lowest BCUT2D eigenvalue weighted by atomic mass is 10.2. The summed E-state index contributed by atoms with van der Waals surface area (Å²) in [5.74, 6) is -1.23. The summed E-state index contributed by atoms with van der Waals surface area (Å²) in [5, 5.41) is 1.04. The number of hydroxylamine groups is 2. The van der Waals surface area contributed by atoms with Crippen LogP contribution in [-0.4, -0.2) is 68.5 Å². The molecule has 0 bridgehead atoms. The van der Waals surface area contributed by atoms with E-state index in [9.17, 15) is 18.8 Å². The Bertz CT molecular complexity index is 892. The second kappa shape index (κ2) is 14.0. The molecule has 9 nitrogen and oxygen atoms in total. The third-order valence-electron chi connectivity index (χ3n) is 6.31. The van der Waals surface area contributed by atoms with E-state index in [0.717, 1.165) is 30.7 Å². The molecule has 0 radical (unpaired) electrons. The number of hydrogen-bond donors (Lipinski definition) is 0. The van der Waals surface area contributed by atoms with Gasteiger partial charge in [0, 0.05) is 25.9 Å². The van der Waals surface area contributed by atoms with Gasteiger partial charge in [0.25, 0.3) is 5.91 Å². The summed E-state index contributed by atoms with van der Waals surface area (Å²) >= 11 is 0. The molecule has 2 aliphatic heterocycles. The highest BCUT2D eigenvalue weighted by atomic mass is 19.1. The van der Waals surface area contributed by atoms with Gasteiger partial charge < -0.3 is 19.2 Å². The van der Waals surface area contributed by atoms with Crippen LogP contribution in [0, 0.1) is 5.82 Å². The summed E-state index contributed by atoms with van der Waals surface area (Å²) in [4.78, 5) is 46.3. The van der Waals surface area contributed by atoms with Crippen LogP contribution in [0.15, 0.2) is 18.2 Å². The molecular weight excluding hydrogens is 469 g/mol. The molecule has 36 heavy (non-hydrogen) atoms. The fraction of sp³-hybridized carbons (Fsp3) is 0.654. The lowest BCUT2D eigenvalue weighted by Gasteiger charge is -2.29. The molecule has 200 valence electrons. The lowest BCUT2D eigenvalue weighted by molar-refractivity contribution is -0.202. The minimum absolute atomic E-state index is 0.0684. The number of carbonyl (C=O) groups excluding carboxylic acids is 3. The molecule has 2 amide bonds. The number of nitrogens with zero attached hydrogens (tertiary/aromatic N) is 3. The van der Waals surface area contributed by atoms with E-state index in [1.165, 1.54) is 11.0 Å². The van der Waals surface area contributed by atoms with Crippen molar-refractivity contribution in [3.63, 3.8) is 0 Å². The highest BCUT2D eigenvalue weighted by Gasteiger charge is 2.36. The van der Waals surface area contributed by atoms with Crippen LogP contribution < -0.4 is 9.80 Å². The summed E-state index contributed by atoms with van der Waals surface area (Å²) in [6, 6.07) is 4.65.